The molecule has 0 spiro atoms. The highest BCUT2D eigenvalue weighted by Gasteiger charge is 2.17. The molecule has 1 N–H and O–H groups in total. The van der Waals surface area contributed by atoms with Gasteiger partial charge in [-0.2, -0.15) is 0 Å². The normalized spacial score (nSPS) is 14.6. The minimum absolute atomic E-state index is 0.589. The van der Waals surface area contributed by atoms with Gasteiger partial charge < -0.3 is 5.32 Å². The van der Waals surface area contributed by atoms with Gasteiger partial charge >= 0.3 is 0 Å². The summed E-state index contributed by atoms with van der Waals surface area (Å²) in [6.07, 6.45) is 2.39. The van der Waals surface area contributed by atoms with Gasteiger partial charge in [-0.1, -0.05) is 44.5 Å². The number of hydrogen-bond donors (Lipinski definition) is 1. The molecule has 0 fully saturated rings. The third kappa shape index (κ3) is 3.85. The van der Waals surface area contributed by atoms with Crippen LogP contribution < -0.4 is 5.32 Å². The first kappa shape index (κ1) is 14.2. The van der Waals surface area contributed by atoms with Crippen molar-refractivity contribution in [3.8, 4) is 0 Å². The number of aryl methyl sites for hydroxylation is 2. The molecule has 2 unspecified atom stereocenters. The lowest BCUT2D eigenvalue weighted by Crippen LogP contribution is -2.34. The molecule has 17 heavy (non-hydrogen) atoms. The van der Waals surface area contributed by atoms with Crippen molar-refractivity contribution < 1.29 is 0 Å². The molecule has 0 aromatic heterocycles. The Bertz CT molecular complexity index is 343. The Hall–Kier alpha value is -0.820. The van der Waals surface area contributed by atoms with Gasteiger partial charge in [0.25, 0.3) is 0 Å². The topological polar surface area (TPSA) is 12.0 Å². The lowest BCUT2D eigenvalue weighted by atomic mass is 9.88. The van der Waals surface area contributed by atoms with E-state index in [2.05, 4.69) is 58.1 Å². The van der Waals surface area contributed by atoms with Crippen LogP contribution in [0.4, 0.5) is 0 Å². The molecular weight excluding hydrogens is 206 g/mol. The van der Waals surface area contributed by atoms with E-state index in [9.17, 15) is 0 Å². The first-order chi connectivity index (χ1) is 8.10. The molecule has 1 heteroatoms. The second-order valence-corrected chi connectivity index (χ2v) is 5.12. The predicted molar refractivity (Wildman–Crippen MR) is 76.7 cm³/mol. The molecule has 0 radical (unpaired) electrons. The first-order valence-electron chi connectivity index (χ1n) is 6.90. The highest BCUT2D eigenvalue weighted by atomic mass is 14.9. The molecule has 0 heterocycles. The van der Waals surface area contributed by atoms with Crippen molar-refractivity contribution >= 4 is 0 Å². The maximum atomic E-state index is 3.66. The van der Waals surface area contributed by atoms with Crippen LogP contribution in [0.2, 0.25) is 0 Å². The maximum absolute atomic E-state index is 3.66. The van der Waals surface area contributed by atoms with Gasteiger partial charge in [0, 0.05) is 6.04 Å². The van der Waals surface area contributed by atoms with Gasteiger partial charge in [0.05, 0.1) is 0 Å². The fourth-order valence-electron chi connectivity index (χ4n) is 2.47. The van der Waals surface area contributed by atoms with Crippen LogP contribution in [0.25, 0.3) is 0 Å². The number of hydrogen-bond acceptors (Lipinski definition) is 1. The van der Waals surface area contributed by atoms with E-state index < -0.39 is 0 Å². The summed E-state index contributed by atoms with van der Waals surface area (Å²) in [4.78, 5) is 0. The minimum Gasteiger partial charge on any atom is -0.313 e. The Morgan fingerprint density at radius 3 is 2.47 bits per heavy atom. The molecule has 0 amide bonds. The zero-order valence-corrected chi connectivity index (χ0v) is 12.0. The Kier molecular flexibility index (Phi) is 5.70. The van der Waals surface area contributed by atoms with E-state index in [1.165, 1.54) is 29.5 Å². The van der Waals surface area contributed by atoms with Crippen molar-refractivity contribution in [1.82, 2.24) is 5.32 Å². The number of nitrogens with one attached hydrogen (secondary N) is 1. The van der Waals surface area contributed by atoms with Crippen molar-refractivity contribution in [3.63, 3.8) is 0 Å². The van der Waals surface area contributed by atoms with Crippen LogP contribution in [0.1, 0.15) is 56.2 Å². The molecule has 0 aliphatic heterocycles. The summed E-state index contributed by atoms with van der Waals surface area (Å²) in [6.45, 7) is 12.4. The van der Waals surface area contributed by atoms with Gasteiger partial charge in [0.2, 0.25) is 0 Å². The highest BCUT2D eigenvalue weighted by molar-refractivity contribution is 5.33. The molecule has 1 aromatic rings. The van der Waals surface area contributed by atoms with Crippen molar-refractivity contribution in [3.05, 3.63) is 34.9 Å². The van der Waals surface area contributed by atoms with Crippen LogP contribution in [0.3, 0.4) is 0 Å². The fourth-order valence-corrected chi connectivity index (χ4v) is 2.47. The van der Waals surface area contributed by atoms with Gasteiger partial charge in [0.15, 0.2) is 0 Å². The molecule has 0 bridgehead atoms. The van der Waals surface area contributed by atoms with Gasteiger partial charge in [-0.3, -0.25) is 0 Å². The lowest BCUT2D eigenvalue weighted by molar-refractivity contribution is 0.437. The Balaban J connectivity index is 2.85. The second kappa shape index (κ2) is 6.80. The van der Waals surface area contributed by atoms with Crippen molar-refractivity contribution in [1.29, 1.82) is 0 Å². The largest absolute Gasteiger partial charge is 0.313 e. The number of rotatable bonds is 6. The zero-order chi connectivity index (χ0) is 12.8. The molecule has 1 rings (SSSR count). The quantitative estimate of drug-likeness (QED) is 0.777. The summed E-state index contributed by atoms with van der Waals surface area (Å²) in [5.74, 6) is 0.589. The molecule has 96 valence electrons. The van der Waals surface area contributed by atoms with Crippen molar-refractivity contribution in [2.75, 3.05) is 6.54 Å². The Morgan fingerprint density at radius 2 is 1.88 bits per heavy atom. The van der Waals surface area contributed by atoms with Crippen molar-refractivity contribution in [2.24, 2.45) is 0 Å². The van der Waals surface area contributed by atoms with E-state index >= 15 is 0 Å². The monoisotopic (exact) mass is 233 g/mol. The fraction of sp³-hybridized carbons (Fsp3) is 0.625. The second-order valence-electron chi connectivity index (χ2n) is 5.12. The lowest BCUT2D eigenvalue weighted by Gasteiger charge is -2.26. The van der Waals surface area contributed by atoms with Gasteiger partial charge in [-0.25, -0.2) is 0 Å². The van der Waals surface area contributed by atoms with Crippen LogP contribution in [0.5, 0.6) is 0 Å². The molecular formula is C16H27N. The third-order valence-corrected chi connectivity index (χ3v) is 3.63. The molecule has 0 aliphatic rings. The van der Waals surface area contributed by atoms with E-state index in [0.717, 1.165) is 6.54 Å². The van der Waals surface area contributed by atoms with E-state index in [4.69, 9.17) is 0 Å². The smallest absolute Gasteiger partial charge is 0.0131 e. The maximum Gasteiger partial charge on any atom is 0.0131 e. The van der Waals surface area contributed by atoms with E-state index in [0.29, 0.717) is 12.0 Å². The first-order valence-corrected chi connectivity index (χ1v) is 6.90. The summed E-state index contributed by atoms with van der Waals surface area (Å²) >= 11 is 0. The summed E-state index contributed by atoms with van der Waals surface area (Å²) in [6, 6.07) is 7.38. The molecule has 1 nitrogen and oxygen atoms in total. The Morgan fingerprint density at radius 1 is 1.18 bits per heavy atom. The molecule has 0 saturated carbocycles. The Labute approximate surface area is 107 Å². The molecule has 0 aliphatic carbocycles. The molecule has 0 saturated heterocycles. The average molecular weight is 233 g/mol. The van der Waals surface area contributed by atoms with Crippen LogP contribution >= 0.6 is 0 Å². The molecule has 2 atom stereocenters. The minimum atomic E-state index is 0.589. The van der Waals surface area contributed by atoms with Crippen LogP contribution in [0, 0.1) is 13.8 Å². The SMILES string of the molecule is CCCNC(CC)C(C)c1cc(C)ccc1C. The van der Waals surface area contributed by atoms with Gasteiger partial charge in [0.1, 0.15) is 0 Å². The highest BCUT2D eigenvalue weighted by Crippen LogP contribution is 2.25. The van der Waals surface area contributed by atoms with E-state index in [1.807, 2.05) is 0 Å². The summed E-state index contributed by atoms with van der Waals surface area (Å²) in [5.41, 5.74) is 4.28. The predicted octanol–water partition coefficient (Wildman–Crippen LogP) is 4.19. The number of benzene rings is 1. The van der Waals surface area contributed by atoms with E-state index in [1.54, 1.807) is 0 Å². The standard InChI is InChI=1S/C16H27N/c1-6-10-17-16(7-2)14(5)15-11-12(3)8-9-13(15)4/h8-9,11,14,16-17H,6-7,10H2,1-5H3. The summed E-state index contributed by atoms with van der Waals surface area (Å²) in [7, 11) is 0. The summed E-state index contributed by atoms with van der Waals surface area (Å²) < 4.78 is 0. The summed E-state index contributed by atoms with van der Waals surface area (Å²) in [5, 5.41) is 3.66. The van der Waals surface area contributed by atoms with Crippen LogP contribution in [-0.4, -0.2) is 12.6 Å². The van der Waals surface area contributed by atoms with E-state index in [-0.39, 0.29) is 0 Å². The van der Waals surface area contributed by atoms with Crippen molar-refractivity contribution in [2.45, 2.75) is 59.4 Å². The van der Waals surface area contributed by atoms with Gasteiger partial charge in [-0.15, -0.1) is 0 Å². The third-order valence-electron chi connectivity index (χ3n) is 3.63. The average Bonchev–Trinajstić information content (AvgIpc) is 2.33. The molecule has 1 aromatic carbocycles. The van der Waals surface area contributed by atoms with Crippen LogP contribution in [0.15, 0.2) is 18.2 Å². The van der Waals surface area contributed by atoms with Gasteiger partial charge in [-0.05, 0) is 50.3 Å². The zero-order valence-electron chi connectivity index (χ0n) is 12.0. The van der Waals surface area contributed by atoms with Crippen LogP contribution in [-0.2, 0) is 0 Å².